The van der Waals surface area contributed by atoms with Crippen LogP contribution in [0.25, 0.3) is 0 Å². The van der Waals surface area contributed by atoms with E-state index in [0.717, 1.165) is 19.6 Å². The van der Waals surface area contributed by atoms with E-state index in [2.05, 4.69) is 19.1 Å². The summed E-state index contributed by atoms with van der Waals surface area (Å²) in [6.07, 6.45) is 21.5. The van der Waals surface area contributed by atoms with Crippen LogP contribution in [0, 0.1) is 0 Å². The van der Waals surface area contributed by atoms with Gasteiger partial charge in [0.2, 0.25) is 0 Å². The first kappa shape index (κ1) is 18.7. The molecule has 0 aliphatic carbocycles. The number of rotatable bonds is 13. The lowest BCUT2D eigenvalue weighted by atomic mass is 10.1. The molecule has 0 amide bonds. The van der Waals surface area contributed by atoms with Gasteiger partial charge in [-0.1, -0.05) is 57.6 Å². The normalized spacial score (nSPS) is 19.4. The van der Waals surface area contributed by atoms with Crippen molar-refractivity contribution in [2.24, 2.45) is 0 Å². The summed E-state index contributed by atoms with van der Waals surface area (Å²) >= 11 is 0. The molecule has 1 heterocycles. The van der Waals surface area contributed by atoms with Crippen molar-refractivity contribution in [3.05, 3.63) is 12.2 Å². The van der Waals surface area contributed by atoms with Crippen LogP contribution in [0.3, 0.4) is 0 Å². The fraction of sp³-hybridized carbons (Fsp3) is 0.895. The van der Waals surface area contributed by atoms with Crippen molar-refractivity contribution < 1.29 is 9.47 Å². The smallest absolute Gasteiger partial charge is 0.157 e. The van der Waals surface area contributed by atoms with Crippen LogP contribution >= 0.6 is 0 Å². The monoisotopic (exact) mass is 296 g/mol. The van der Waals surface area contributed by atoms with Gasteiger partial charge >= 0.3 is 0 Å². The summed E-state index contributed by atoms with van der Waals surface area (Å²) in [6, 6.07) is 0. The lowest BCUT2D eigenvalue weighted by molar-refractivity contribution is -0.162. The molecular formula is C19H36O2. The predicted octanol–water partition coefficient (Wildman–Crippen LogP) is 6.01. The average Bonchev–Trinajstić information content (AvgIpc) is 2.53. The molecule has 1 aliphatic rings. The van der Waals surface area contributed by atoms with Gasteiger partial charge in [-0.2, -0.15) is 0 Å². The van der Waals surface area contributed by atoms with E-state index < -0.39 is 0 Å². The number of ether oxygens (including phenoxy) is 2. The van der Waals surface area contributed by atoms with E-state index in [9.17, 15) is 0 Å². The summed E-state index contributed by atoms with van der Waals surface area (Å²) in [4.78, 5) is 0. The van der Waals surface area contributed by atoms with Crippen molar-refractivity contribution in [3.63, 3.8) is 0 Å². The van der Waals surface area contributed by atoms with Gasteiger partial charge in [0, 0.05) is 13.2 Å². The van der Waals surface area contributed by atoms with E-state index in [1.165, 1.54) is 77.0 Å². The van der Waals surface area contributed by atoms with Crippen molar-refractivity contribution in [3.8, 4) is 0 Å². The van der Waals surface area contributed by atoms with Crippen molar-refractivity contribution in [1.29, 1.82) is 0 Å². The Morgan fingerprint density at radius 1 is 0.905 bits per heavy atom. The second-order valence-corrected chi connectivity index (χ2v) is 6.19. The van der Waals surface area contributed by atoms with E-state index in [-0.39, 0.29) is 6.29 Å². The van der Waals surface area contributed by atoms with Gasteiger partial charge in [-0.05, 0) is 44.9 Å². The van der Waals surface area contributed by atoms with Crippen LogP contribution in [-0.2, 0) is 9.47 Å². The molecular weight excluding hydrogens is 260 g/mol. The summed E-state index contributed by atoms with van der Waals surface area (Å²) in [7, 11) is 0. The molecule has 0 spiro atoms. The third-order valence-electron chi connectivity index (χ3n) is 4.08. The Morgan fingerprint density at radius 2 is 1.62 bits per heavy atom. The minimum absolute atomic E-state index is 0.0968. The van der Waals surface area contributed by atoms with Crippen LogP contribution in [0.5, 0.6) is 0 Å². The highest BCUT2D eigenvalue weighted by Crippen LogP contribution is 2.14. The Balaban J connectivity index is 1.72. The topological polar surface area (TPSA) is 18.5 Å². The van der Waals surface area contributed by atoms with Gasteiger partial charge < -0.3 is 9.47 Å². The molecule has 1 unspecified atom stereocenters. The largest absolute Gasteiger partial charge is 0.353 e. The summed E-state index contributed by atoms with van der Waals surface area (Å²) in [5, 5.41) is 0. The number of hydrogen-bond donors (Lipinski definition) is 0. The fourth-order valence-corrected chi connectivity index (χ4v) is 2.71. The van der Waals surface area contributed by atoms with E-state index in [1.807, 2.05) is 0 Å². The molecule has 21 heavy (non-hydrogen) atoms. The minimum Gasteiger partial charge on any atom is -0.353 e. The predicted molar refractivity (Wildman–Crippen MR) is 90.5 cm³/mol. The van der Waals surface area contributed by atoms with E-state index in [1.54, 1.807) is 0 Å². The van der Waals surface area contributed by atoms with Crippen molar-refractivity contribution in [1.82, 2.24) is 0 Å². The standard InChI is InChI=1S/C19H36O2/c1-2-3-4-5-6-7-8-9-10-11-12-14-17-20-19-16-13-15-18-21-19/h4-5,19H,2-3,6-18H2,1H3/b5-4-. The van der Waals surface area contributed by atoms with E-state index >= 15 is 0 Å². The Labute approximate surface area is 132 Å². The van der Waals surface area contributed by atoms with Crippen LogP contribution in [0.15, 0.2) is 12.2 Å². The molecule has 2 nitrogen and oxygen atoms in total. The summed E-state index contributed by atoms with van der Waals surface area (Å²) in [5.41, 5.74) is 0. The van der Waals surface area contributed by atoms with Crippen LogP contribution in [-0.4, -0.2) is 19.5 Å². The van der Waals surface area contributed by atoms with E-state index in [4.69, 9.17) is 9.47 Å². The molecule has 0 aromatic heterocycles. The molecule has 1 fully saturated rings. The van der Waals surface area contributed by atoms with Crippen molar-refractivity contribution >= 4 is 0 Å². The molecule has 1 atom stereocenters. The first-order valence-electron chi connectivity index (χ1n) is 9.31. The van der Waals surface area contributed by atoms with Gasteiger partial charge in [0.15, 0.2) is 6.29 Å². The number of hydrogen-bond acceptors (Lipinski definition) is 2. The summed E-state index contributed by atoms with van der Waals surface area (Å²) < 4.78 is 11.3. The quantitative estimate of drug-likeness (QED) is 0.306. The SMILES string of the molecule is CCC/C=C\CCCCCCCCCOC1CCCCO1. The third kappa shape index (κ3) is 11.9. The molecule has 1 rings (SSSR count). The number of unbranched alkanes of at least 4 members (excludes halogenated alkanes) is 8. The zero-order chi connectivity index (χ0) is 15.0. The molecule has 0 aromatic carbocycles. The molecule has 0 N–H and O–H groups in total. The van der Waals surface area contributed by atoms with Crippen LogP contribution < -0.4 is 0 Å². The maximum Gasteiger partial charge on any atom is 0.157 e. The molecule has 1 aliphatic heterocycles. The van der Waals surface area contributed by atoms with Crippen molar-refractivity contribution in [2.75, 3.05) is 13.2 Å². The van der Waals surface area contributed by atoms with E-state index in [0.29, 0.717) is 0 Å². The molecule has 0 saturated carbocycles. The van der Waals surface area contributed by atoms with Gasteiger partial charge in [0.1, 0.15) is 0 Å². The average molecular weight is 296 g/mol. The zero-order valence-electron chi connectivity index (χ0n) is 14.2. The van der Waals surface area contributed by atoms with Gasteiger partial charge in [-0.15, -0.1) is 0 Å². The lowest BCUT2D eigenvalue weighted by Crippen LogP contribution is -2.22. The third-order valence-corrected chi connectivity index (χ3v) is 4.08. The van der Waals surface area contributed by atoms with Crippen molar-refractivity contribution in [2.45, 2.75) is 96.7 Å². The zero-order valence-corrected chi connectivity index (χ0v) is 14.2. The number of allylic oxidation sites excluding steroid dienone is 2. The summed E-state index contributed by atoms with van der Waals surface area (Å²) in [5.74, 6) is 0. The second kappa shape index (κ2) is 14.6. The highest BCUT2D eigenvalue weighted by molar-refractivity contribution is 4.80. The summed E-state index contributed by atoms with van der Waals surface area (Å²) in [6.45, 7) is 4.00. The molecule has 0 radical (unpaired) electrons. The molecule has 0 bridgehead atoms. The van der Waals surface area contributed by atoms with Gasteiger partial charge in [-0.3, -0.25) is 0 Å². The molecule has 124 valence electrons. The fourth-order valence-electron chi connectivity index (χ4n) is 2.71. The Kier molecular flexibility index (Phi) is 13.0. The maximum atomic E-state index is 5.74. The van der Waals surface area contributed by atoms with Gasteiger partial charge in [-0.25, -0.2) is 0 Å². The van der Waals surface area contributed by atoms with Crippen LogP contribution in [0.2, 0.25) is 0 Å². The molecule has 1 saturated heterocycles. The second-order valence-electron chi connectivity index (χ2n) is 6.19. The first-order chi connectivity index (χ1) is 10.4. The van der Waals surface area contributed by atoms with Gasteiger partial charge in [0.25, 0.3) is 0 Å². The highest BCUT2D eigenvalue weighted by atomic mass is 16.7. The highest BCUT2D eigenvalue weighted by Gasteiger charge is 2.13. The lowest BCUT2D eigenvalue weighted by Gasteiger charge is -2.22. The Morgan fingerprint density at radius 3 is 2.33 bits per heavy atom. The Hall–Kier alpha value is -0.340. The Bertz CT molecular complexity index is 232. The molecule has 2 heteroatoms. The first-order valence-corrected chi connectivity index (χ1v) is 9.31. The van der Waals surface area contributed by atoms with Crippen LogP contribution in [0.1, 0.15) is 90.4 Å². The maximum absolute atomic E-state index is 5.74. The van der Waals surface area contributed by atoms with Crippen LogP contribution in [0.4, 0.5) is 0 Å². The minimum atomic E-state index is 0.0968. The molecule has 0 aromatic rings. The van der Waals surface area contributed by atoms with Gasteiger partial charge in [0.05, 0.1) is 0 Å².